The zero-order chi connectivity index (χ0) is 21.0. The zero-order valence-corrected chi connectivity index (χ0v) is 16.7. The lowest BCUT2D eigenvalue weighted by atomic mass is 9.88. The molecule has 1 heterocycles. The molecule has 0 spiro atoms. The lowest BCUT2D eigenvalue weighted by Crippen LogP contribution is -2.43. The predicted molar refractivity (Wildman–Crippen MR) is 111 cm³/mol. The second-order valence-corrected chi connectivity index (χ2v) is 7.51. The van der Waals surface area contributed by atoms with E-state index in [1.165, 1.54) is 17.0 Å². The van der Waals surface area contributed by atoms with E-state index in [1.807, 2.05) is 31.2 Å². The number of nitrogens with zero attached hydrogens (tertiary/aromatic N) is 3. The van der Waals surface area contributed by atoms with E-state index in [9.17, 15) is 19.7 Å². The van der Waals surface area contributed by atoms with Crippen molar-refractivity contribution in [1.29, 1.82) is 0 Å². The van der Waals surface area contributed by atoms with Crippen LogP contribution in [0.3, 0.4) is 0 Å². The highest BCUT2D eigenvalue weighted by atomic mass is 16.6. The van der Waals surface area contributed by atoms with Crippen molar-refractivity contribution in [2.45, 2.75) is 19.8 Å². The summed E-state index contributed by atoms with van der Waals surface area (Å²) in [5.74, 6) is 0.0950. The highest BCUT2D eigenvalue weighted by Crippen LogP contribution is 2.23. The molecule has 0 aromatic heterocycles. The lowest BCUT2D eigenvalue weighted by Gasteiger charge is -2.32. The molecular formula is C22H25N3O4. The van der Waals surface area contributed by atoms with Crippen LogP contribution in [0, 0.1) is 23.0 Å². The van der Waals surface area contributed by atoms with Gasteiger partial charge in [-0.2, -0.15) is 0 Å². The van der Waals surface area contributed by atoms with Crippen LogP contribution < -0.4 is 4.90 Å². The van der Waals surface area contributed by atoms with Crippen molar-refractivity contribution in [3.8, 4) is 0 Å². The van der Waals surface area contributed by atoms with E-state index in [-0.39, 0.29) is 29.8 Å². The van der Waals surface area contributed by atoms with Crippen LogP contribution in [0.25, 0.3) is 0 Å². The fraction of sp³-hybridized carbons (Fsp3) is 0.364. The number of nitro groups is 1. The SMILES string of the molecule is Cc1ccc(C(=O)C2CCN(CC(=O)N(C)c3ccc([N+](=O)[O-])cc3)CC2)cc1. The number of piperidine rings is 1. The van der Waals surface area contributed by atoms with E-state index in [0.717, 1.165) is 24.0 Å². The molecule has 0 atom stereocenters. The number of likely N-dealkylation sites (N-methyl/N-ethyl adjacent to an activating group) is 1. The van der Waals surface area contributed by atoms with Crippen molar-refractivity contribution in [3.05, 3.63) is 69.8 Å². The monoisotopic (exact) mass is 395 g/mol. The molecule has 1 saturated heterocycles. The van der Waals surface area contributed by atoms with Gasteiger partial charge in [-0.15, -0.1) is 0 Å². The van der Waals surface area contributed by atoms with Gasteiger partial charge in [0.1, 0.15) is 0 Å². The first-order chi connectivity index (χ1) is 13.8. The van der Waals surface area contributed by atoms with Gasteiger partial charge in [0.2, 0.25) is 5.91 Å². The van der Waals surface area contributed by atoms with Crippen LogP contribution in [0.4, 0.5) is 11.4 Å². The maximum Gasteiger partial charge on any atom is 0.269 e. The third-order valence-electron chi connectivity index (χ3n) is 5.48. The molecular weight excluding hydrogens is 370 g/mol. The molecule has 0 unspecified atom stereocenters. The molecule has 0 bridgehead atoms. The van der Waals surface area contributed by atoms with Crippen LogP contribution >= 0.6 is 0 Å². The van der Waals surface area contributed by atoms with E-state index in [1.54, 1.807) is 19.2 Å². The van der Waals surface area contributed by atoms with Gasteiger partial charge in [0, 0.05) is 36.3 Å². The first kappa shape index (κ1) is 20.7. The molecule has 0 aliphatic carbocycles. The van der Waals surface area contributed by atoms with Gasteiger partial charge in [0.05, 0.1) is 11.5 Å². The van der Waals surface area contributed by atoms with Crippen molar-refractivity contribution in [2.24, 2.45) is 5.92 Å². The molecule has 7 nitrogen and oxygen atoms in total. The molecule has 2 aromatic rings. The van der Waals surface area contributed by atoms with E-state index >= 15 is 0 Å². The predicted octanol–water partition coefficient (Wildman–Crippen LogP) is 3.46. The molecule has 29 heavy (non-hydrogen) atoms. The number of rotatable bonds is 6. The first-order valence-electron chi connectivity index (χ1n) is 9.69. The summed E-state index contributed by atoms with van der Waals surface area (Å²) in [6.45, 7) is 3.65. The number of hydrogen-bond donors (Lipinski definition) is 0. The number of carbonyl (C=O) groups excluding carboxylic acids is 2. The van der Waals surface area contributed by atoms with Gasteiger partial charge in [-0.05, 0) is 45.0 Å². The highest BCUT2D eigenvalue weighted by Gasteiger charge is 2.27. The fourth-order valence-electron chi connectivity index (χ4n) is 3.55. The molecule has 1 aliphatic rings. The first-order valence-corrected chi connectivity index (χ1v) is 9.69. The van der Waals surface area contributed by atoms with Crippen molar-refractivity contribution < 1.29 is 14.5 Å². The van der Waals surface area contributed by atoms with Gasteiger partial charge in [-0.3, -0.25) is 24.6 Å². The third kappa shape index (κ3) is 5.06. The smallest absolute Gasteiger partial charge is 0.269 e. The number of likely N-dealkylation sites (tertiary alicyclic amines) is 1. The summed E-state index contributed by atoms with van der Waals surface area (Å²) in [6.07, 6.45) is 1.47. The summed E-state index contributed by atoms with van der Waals surface area (Å²) in [5, 5.41) is 10.8. The number of carbonyl (C=O) groups is 2. The van der Waals surface area contributed by atoms with Crippen LogP contribution in [0.1, 0.15) is 28.8 Å². The fourth-order valence-corrected chi connectivity index (χ4v) is 3.55. The number of ketones is 1. The van der Waals surface area contributed by atoms with Crippen molar-refractivity contribution in [2.75, 3.05) is 31.6 Å². The van der Waals surface area contributed by atoms with Gasteiger partial charge < -0.3 is 4.90 Å². The van der Waals surface area contributed by atoms with Crippen LogP contribution in [0.2, 0.25) is 0 Å². The van der Waals surface area contributed by atoms with Crippen molar-refractivity contribution >= 4 is 23.1 Å². The summed E-state index contributed by atoms with van der Waals surface area (Å²) >= 11 is 0. The summed E-state index contributed by atoms with van der Waals surface area (Å²) in [6, 6.07) is 13.6. The minimum Gasteiger partial charge on any atom is -0.314 e. The number of hydrogen-bond acceptors (Lipinski definition) is 5. The van der Waals surface area contributed by atoms with E-state index in [0.29, 0.717) is 18.8 Å². The molecule has 3 rings (SSSR count). The standard InChI is InChI=1S/C22H25N3O4/c1-16-3-5-17(6-4-16)22(27)18-11-13-24(14-12-18)15-21(26)23(2)19-7-9-20(10-8-19)25(28)29/h3-10,18H,11-15H2,1-2H3. The molecule has 0 radical (unpaired) electrons. The number of nitro benzene ring substituents is 1. The minimum atomic E-state index is -0.465. The second kappa shape index (κ2) is 8.96. The third-order valence-corrected chi connectivity index (χ3v) is 5.48. The minimum absolute atomic E-state index is 0.00328. The summed E-state index contributed by atoms with van der Waals surface area (Å²) in [5.41, 5.74) is 2.50. The van der Waals surface area contributed by atoms with Gasteiger partial charge >= 0.3 is 0 Å². The highest BCUT2D eigenvalue weighted by molar-refractivity contribution is 5.98. The van der Waals surface area contributed by atoms with Crippen molar-refractivity contribution in [3.63, 3.8) is 0 Å². The topological polar surface area (TPSA) is 83.8 Å². The lowest BCUT2D eigenvalue weighted by molar-refractivity contribution is -0.384. The molecule has 1 aliphatic heterocycles. The Kier molecular flexibility index (Phi) is 6.39. The summed E-state index contributed by atoms with van der Waals surface area (Å²) in [7, 11) is 1.66. The Morgan fingerprint density at radius 2 is 1.66 bits per heavy atom. The van der Waals surface area contributed by atoms with Gasteiger partial charge in [0.25, 0.3) is 5.69 Å². The zero-order valence-electron chi connectivity index (χ0n) is 16.7. The normalized spacial score (nSPS) is 15.1. The maximum absolute atomic E-state index is 12.7. The molecule has 1 amide bonds. The van der Waals surface area contributed by atoms with Crippen LogP contribution in [0.15, 0.2) is 48.5 Å². The molecule has 1 fully saturated rings. The molecule has 0 saturated carbocycles. The maximum atomic E-state index is 12.7. The molecule has 2 aromatic carbocycles. The Hall–Kier alpha value is -3.06. The Morgan fingerprint density at radius 1 is 1.07 bits per heavy atom. The van der Waals surface area contributed by atoms with Gasteiger partial charge in [-0.1, -0.05) is 29.8 Å². The Labute approximate surface area is 170 Å². The van der Waals surface area contributed by atoms with E-state index in [4.69, 9.17) is 0 Å². The quantitative estimate of drug-likeness (QED) is 0.425. The summed E-state index contributed by atoms with van der Waals surface area (Å²) in [4.78, 5) is 39.1. The Morgan fingerprint density at radius 3 is 2.21 bits per heavy atom. The van der Waals surface area contributed by atoms with Gasteiger partial charge in [-0.25, -0.2) is 0 Å². The number of Topliss-reactive ketones (excluding diaryl/α,β-unsaturated/α-hetero) is 1. The average molecular weight is 395 g/mol. The van der Waals surface area contributed by atoms with E-state index < -0.39 is 4.92 Å². The van der Waals surface area contributed by atoms with Crippen molar-refractivity contribution in [1.82, 2.24) is 4.90 Å². The number of anilines is 1. The number of benzene rings is 2. The molecule has 0 N–H and O–H groups in total. The largest absolute Gasteiger partial charge is 0.314 e. The summed E-state index contributed by atoms with van der Waals surface area (Å²) < 4.78 is 0. The number of amides is 1. The van der Waals surface area contributed by atoms with Crippen LogP contribution in [-0.2, 0) is 4.79 Å². The molecule has 152 valence electrons. The Balaban J connectivity index is 1.52. The van der Waals surface area contributed by atoms with E-state index in [2.05, 4.69) is 4.90 Å². The molecule has 7 heteroatoms. The van der Waals surface area contributed by atoms with Crippen LogP contribution in [0.5, 0.6) is 0 Å². The van der Waals surface area contributed by atoms with Crippen LogP contribution in [-0.4, -0.2) is 48.2 Å². The average Bonchev–Trinajstić information content (AvgIpc) is 2.74. The van der Waals surface area contributed by atoms with Gasteiger partial charge in [0.15, 0.2) is 5.78 Å². The number of non-ortho nitro benzene ring substituents is 1. The Bertz CT molecular complexity index is 885. The second-order valence-electron chi connectivity index (χ2n) is 7.51. The number of aryl methyl sites for hydroxylation is 1.